The summed E-state index contributed by atoms with van der Waals surface area (Å²) in [6.45, 7) is 10.2. The van der Waals surface area contributed by atoms with Crippen LogP contribution in [0.1, 0.15) is 48.7 Å². The molecule has 128 valence electrons. The molecular formula is C18H24N4O2. The van der Waals surface area contributed by atoms with Gasteiger partial charge in [-0.05, 0) is 38.0 Å². The van der Waals surface area contributed by atoms with E-state index in [4.69, 9.17) is 0 Å². The van der Waals surface area contributed by atoms with E-state index in [-0.39, 0.29) is 17.9 Å². The summed E-state index contributed by atoms with van der Waals surface area (Å²) in [5.41, 5.74) is 2.18. The Kier molecular flexibility index (Phi) is 4.30. The van der Waals surface area contributed by atoms with Gasteiger partial charge in [0.1, 0.15) is 0 Å². The van der Waals surface area contributed by atoms with E-state index >= 15 is 0 Å². The van der Waals surface area contributed by atoms with Crippen LogP contribution < -0.4 is 5.32 Å². The molecule has 0 spiro atoms. The summed E-state index contributed by atoms with van der Waals surface area (Å²) < 4.78 is 1.95. The van der Waals surface area contributed by atoms with Crippen LogP contribution in [0.4, 0.5) is 0 Å². The summed E-state index contributed by atoms with van der Waals surface area (Å²) in [6, 6.07) is 5.60. The van der Waals surface area contributed by atoms with Crippen molar-refractivity contribution in [2.45, 2.75) is 40.3 Å². The van der Waals surface area contributed by atoms with E-state index in [2.05, 4.69) is 24.1 Å². The van der Waals surface area contributed by atoms with Gasteiger partial charge in [-0.1, -0.05) is 13.8 Å². The Hall–Kier alpha value is -2.37. The Balaban J connectivity index is 1.93. The molecule has 0 atom stereocenters. The molecule has 1 N–H and O–H groups in total. The fraction of sp³-hybridized carbons (Fsp3) is 0.500. The summed E-state index contributed by atoms with van der Waals surface area (Å²) >= 11 is 0. The fourth-order valence-corrected chi connectivity index (χ4v) is 2.99. The third kappa shape index (κ3) is 2.88. The molecular weight excluding hydrogens is 304 g/mol. The first kappa shape index (κ1) is 16.5. The number of benzene rings is 1. The molecule has 0 fully saturated rings. The van der Waals surface area contributed by atoms with Gasteiger partial charge in [-0.3, -0.25) is 9.59 Å². The van der Waals surface area contributed by atoms with Gasteiger partial charge in [0, 0.05) is 31.2 Å². The topological polar surface area (TPSA) is 67.2 Å². The van der Waals surface area contributed by atoms with Gasteiger partial charge in [-0.15, -0.1) is 0 Å². The van der Waals surface area contributed by atoms with Crippen LogP contribution in [0.3, 0.4) is 0 Å². The van der Waals surface area contributed by atoms with E-state index in [9.17, 15) is 9.59 Å². The van der Waals surface area contributed by atoms with Crippen molar-refractivity contribution in [1.82, 2.24) is 19.8 Å². The van der Waals surface area contributed by atoms with Crippen molar-refractivity contribution in [3.05, 3.63) is 29.6 Å². The Bertz CT molecular complexity index is 792. The molecule has 6 heteroatoms. The molecule has 3 rings (SSSR count). The lowest BCUT2D eigenvalue weighted by Gasteiger charge is -2.30. The molecule has 0 unspecified atom stereocenters. The maximum absolute atomic E-state index is 12.6. The lowest BCUT2D eigenvalue weighted by atomic mass is 10.1. The van der Waals surface area contributed by atoms with Crippen molar-refractivity contribution in [3.63, 3.8) is 0 Å². The van der Waals surface area contributed by atoms with E-state index in [0.717, 1.165) is 12.1 Å². The summed E-state index contributed by atoms with van der Waals surface area (Å²) in [5, 5.41) is 2.91. The molecule has 6 nitrogen and oxygen atoms in total. The second-order valence-corrected chi connectivity index (χ2v) is 6.99. The quantitative estimate of drug-likeness (QED) is 0.936. The van der Waals surface area contributed by atoms with E-state index in [0.29, 0.717) is 35.9 Å². The normalized spacial score (nSPS) is 14.6. The minimum Gasteiger partial charge on any atom is -0.352 e. The van der Waals surface area contributed by atoms with Gasteiger partial charge in [0.25, 0.3) is 11.8 Å². The molecule has 24 heavy (non-hydrogen) atoms. The number of aromatic nitrogens is 2. The zero-order valence-corrected chi connectivity index (χ0v) is 14.7. The summed E-state index contributed by atoms with van der Waals surface area (Å²) in [5.74, 6) is 0.715. The number of fused-ring (bicyclic) bond motifs is 3. The van der Waals surface area contributed by atoms with Gasteiger partial charge in [0.05, 0.1) is 11.0 Å². The number of hydrogen-bond acceptors (Lipinski definition) is 3. The van der Waals surface area contributed by atoms with Gasteiger partial charge in [0.2, 0.25) is 0 Å². The van der Waals surface area contributed by atoms with Crippen molar-refractivity contribution in [2.24, 2.45) is 5.92 Å². The van der Waals surface area contributed by atoms with Crippen LogP contribution in [0.5, 0.6) is 0 Å². The van der Waals surface area contributed by atoms with Gasteiger partial charge in [-0.25, -0.2) is 4.98 Å². The molecule has 2 amide bonds. The fourth-order valence-electron chi connectivity index (χ4n) is 2.99. The number of hydrogen-bond donors (Lipinski definition) is 1. The first-order valence-electron chi connectivity index (χ1n) is 8.48. The Labute approximate surface area is 141 Å². The molecule has 0 aliphatic carbocycles. The van der Waals surface area contributed by atoms with E-state index in [1.807, 2.05) is 29.4 Å². The van der Waals surface area contributed by atoms with Crippen LogP contribution >= 0.6 is 0 Å². The first-order valence-corrected chi connectivity index (χ1v) is 8.48. The smallest absolute Gasteiger partial charge is 0.290 e. The Morgan fingerprint density at radius 1 is 1.25 bits per heavy atom. The lowest BCUT2D eigenvalue weighted by molar-refractivity contribution is 0.0643. The number of imidazole rings is 1. The summed E-state index contributed by atoms with van der Waals surface area (Å²) in [6.07, 6.45) is 0. The predicted molar refractivity (Wildman–Crippen MR) is 93.1 cm³/mol. The molecule has 0 bridgehead atoms. The number of amides is 2. The second kappa shape index (κ2) is 6.26. The molecule has 1 aromatic carbocycles. The second-order valence-electron chi connectivity index (χ2n) is 6.99. The largest absolute Gasteiger partial charge is 0.352 e. The van der Waals surface area contributed by atoms with Crippen LogP contribution in [0, 0.1) is 5.92 Å². The zero-order valence-electron chi connectivity index (χ0n) is 14.7. The Morgan fingerprint density at radius 3 is 2.67 bits per heavy atom. The van der Waals surface area contributed by atoms with Gasteiger partial charge >= 0.3 is 0 Å². The predicted octanol–water partition coefficient (Wildman–Crippen LogP) is 2.29. The number of rotatable bonds is 4. The van der Waals surface area contributed by atoms with Gasteiger partial charge in [0.15, 0.2) is 5.82 Å². The highest BCUT2D eigenvalue weighted by Gasteiger charge is 2.29. The maximum Gasteiger partial charge on any atom is 0.290 e. The zero-order chi connectivity index (χ0) is 17.4. The maximum atomic E-state index is 12.6. The number of carbonyl (C=O) groups is 2. The minimum atomic E-state index is -0.105. The van der Waals surface area contributed by atoms with Crippen LogP contribution in [0.15, 0.2) is 18.2 Å². The monoisotopic (exact) mass is 328 g/mol. The standard InChI is InChI=1S/C18H24N4O2/c1-11(2)10-19-17(23)13-5-6-15-14(9-13)20-16-18(24)21(12(3)4)7-8-22(15)16/h5-6,9,11-12H,7-8,10H2,1-4H3,(H,19,23). The highest BCUT2D eigenvalue weighted by atomic mass is 16.2. The molecule has 2 aromatic rings. The molecule has 0 radical (unpaired) electrons. The minimum absolute atomic E-state index is 0.0433. The first-order chi connectivity index (χ1) is 11.4. The number of nitrogens with one attached hydrogen (secondary N) is 1. The van der Waals surface area contributed by atoms with Crippen molar-refractivity contribution in [1.29, 1.82) is 0 Å². The van der Waals surface area contributed by atoms with Crippen molar-refractivity contribution in [2.75, 3.05) is 13.1 Å². The molecule has 1 aliphatic heterocycles. The average Bonchev–Trinajstić information content (AvgIpc) is 2.91. The average molecular weight is 328 g/mol. The SMILES string of the molecule is CC(C)CNC(=O)c1ccc2c(c1)nc1n2CCN(C(C)C)C1=O. The van der Waals surface area contributed by atoms with Gasteiger partial charge < -0.3 is 14.8 Å². The third-order valence-corrected chi connectivity index (χ3v) is 4.32. The molecule has 1 aliphatic rings. The van der Waals surface area contributed by atoms with E-state index < -0.39 is 0 Å². The third-order valence-electron chi connectivity index (χ3n) is 4.32. The van der Waals surface area contributed by atoms with E-state index in [1.165, 1.54) is 0 Å². The van der Waals surface area contributed by atoms with Crippen LogP contribution in [-0.4, -0.2) is 45.4 Å². The molecule has 0 saturated heterocycles. The van der Waals surface area contributed by atoms with E-state index in [1.54, 1.807) is 12.1 Å². The van der Waals surface area contributed by atoms with Crippen LogP contribution in [0.2, 0.25) is 0 Å². The number of nitrogens with zero attached hydrogens (tertiary/aromatic N) is 3. The van der Waals surface area contributed by atoms with Crippen molar-refractivity contribution < 1.29 is 9.59 Å². The van der Waals surface area contributed by atoms with Crippen LogP contribution in [0.25, 0.3) is 11.0 Å². The summed E-state index contributed by atoms with van der Waals surface area (Å²) in [4.78, 5) is 31.1. The summed E-state index contributed by atoms with van der Waals surface area (Å²) in [7, 11) is 0. The lowest BCUT2D eigenvalue weighted by Crippen LogP contribution is -2.44. The van der Waals surface area contributed by atoms with Gasteiger partial charge in [-0.2, -0.15) is 0 Å². The highest BCUT2D eigenvalue weighted by Crippen LogP contribution is 2.23. The van der Waals surface area contributed by atoms with Crippen molar-refractivity contribution in [3.8, 4) is 0 Å². The van der Waals surface area contributed by atoms with Crippen LogP contribution in [-0.2, 0) is 6.54 Å². The Morgan fingerprint density at radius 2 is 2.00 bits per heavy atom. The molecule has 0 saturated carbocycles. The number of carbonyl (C=O) groups excluding carboxylic acids is 2. The molecule has 2 heterocycles. The van der Waals surface area contributed by atoms with Crippen molar-refractivity contribution >= 4 is 22.8 Å². The molecule has 1 aromatic heterocycles. The highest BCUT2D eigenvalue weighted by molar-refractivity contribution is 6.00.